The minimum absolute atomic E-state index is 0.0496. The van der Waals surface area contributed by atoms with Crippen LogP contribution in [0.1, 0.15) is 57.0 Å². The summed E-state index contributed by atoms with van der Waals surface area (Å²) in [4.78, 5) is 4.39. The van der Waals surface area contributed by atoms with Crippen LogP contribution in [0, 0.1) is 18.3 Å². The second kappa shape index (κ2) is 10.2. The molecule has 0 saturated heterocycles. The first kappa shape index (κ1) is 24.5. The van der Waals surface area contributed by atoms with Gasteiger partial charge in [-0.15, -0.1) is 0 Å². The van der Waals surface area contributed by atoms with Gasteiger partial charge in [-0.2, -0.15) is 5.26 Å². The number of nitrogens with zero attached hydrogens (tertiary/aromatic N) is 2. The maximum atomic E-state index is 9.41. The molecule has 0 radical (unpaired) electrons. The van der Waals surface area contributed by atoms with Gasteiger partial charge >= 0.3 is 0 Å². The van der Waals surface area contributed by atoms with Gasteiger partial charge in [0.1, 0.15) is 0 Å². The van der Waals surface area contributed by atoms with Crippen LogP contribution in [0.15, 0.2) is 60.8 Å². The third kappa shape index (κ3) is 6.00. The van der Waals surface area contributed by atoms with Crippen LogP contribution in [0.2, 0.25) is 0 Å². The van der Waals surface area contributed by atoms with Gasteiger partial charge in [0.2, 0.25) is 0 Å². The number of rotatable bonds is 9. The lowest BCUT2D eigenvalue weighted by Crippen LogP contribution is -2.24. The van der Waals surface area contributed by atoms with E-state index in [1.54, 1.807) is 6.20 Å². The summed E-state index contributed by atoms with van der Waals surface area (Å²) >= 11 is 0. The normalized spacial score (nSPS) is 11.8. The van der Waals surface area contributed by atoms with E-state index in [4.69, 9.17) is 4.74 Å². The van der Waals surface area contributed by atoms with Crippen molar-refractivity contribution in [2.75, 3.05) is 18.5 Å². The lowest BCUT2D eigenvalue weighted by molar-refractivity contribution is 0.105. The van der Waals surface area contributed by atoms with Crippen molar-refractivity contribution in [1.29, 1.82) is 5.26 Å². The van der Waals surface area contributed by atoms with Crippen LogP contribution in [-0.2, 0) is 22.1 Å². The zero-order valence-electron chi connectivity index (χ0n) is 20.7. The van der Waals surface area contributed by atoms with Crippen molar-refractivity contribution in [3.8, 4) is 17.2 Å². The second-order valence-electron chi connectivity index (χ2n) is 9.77. The number of ether oxygens (including phenoxy) is 1. The predicted octanol–water partition coefficient (Wildman–Crippen LogP) is 6.78. The Balaban J connectivity index is 1.82. The molecule has 1 N–H and O–H groups in total. The smallest absolute Gasteiger partial charge is 0.0937 e. The Bertz CT molecular complexity index is 1140. The molecule has 0 aliphatic rings. The van der Waals surface area contributed by atoms with E-state index in [-0.39, 0.29) is 5.41 Å². The first-order valence-electron chi connectivity index (χ1n) is 11.6. The quantitative estimate of drug-likeness (QED) is 0.397. The highest BCUT2D eigenvalue weighted by molar-refractivity contribution is 5.72. The van der Waals surface area contributed by atoms with Crippen LogP contribution in [-0.4, -0.2) is 18.2 Å². The molecule has 172 valence electrons. The van der Waals surface area contributed by atoms with Gasteiger partial charge in [-0.3, -0.25) is 4.98 Å². The summed E-state index contributed by atoms with van der Waals surface area (Å²) in [6.45, 7) is 14.5. The first-order valence-corrected chi connectivity index (χ1v) is 11.6. The Hall–Kier alpha value is -3.16. The molecule has 0 amide bonds. The summed E-state index contributed by atoms with van der Waals surface area (Å²) in [6.07, 6.45) is 1.78. The van der Waals surface area contributed by atoms with Gasteiger partial charge < -0.3 is 10.1 Å². The summed E-state index contributed by atoms with van der Waals surface area (Å²) in [5, 5.41) is 12.9. The highest BCUT2D eigenvalue weighted by Gasteiger charge is 2.22. The molecule has 0 spiro atoms. The number of aryl methyl sites for hydroxylation is 1. The molecule has 2 aromatic carbocycles. The molecule has 0 atom stereocenters. The Morgan fingerprint density at radius 2 is 1.82 bits per heavy atom. The fourth-order valence-electron chi connectivity index (χ4n) is 3.78. The van der Waals surface area contributed by atoms with Gasteiger partial charge in [-0.1, -0.05) is 44.2 Å². The predicted molar refractivity (Wildman–Crippen MR) is 136 cm³/mol. The molecule has 0 fully saturated rings. The number of nitrogens with one attached hydrogen (secondary N) is 1. The highest BCUT2D eigenvalue weighted by atomic mass is 16.5. The minimum Gasteiger partial charge on any atom is -0.381 e. The van der Waals surface area contributed by atoms with E-state index >= 15 is 0 Å². The molecule has 4 nitrogen and oxygen atoms in total. The number of anilines is 1. The summed E-state index contributed by atoms with van der Waals surface area (Å²) in [5.74, 6) is 0. The summed E-state index contributed by atoms with van der Waals surface area (Å²) < 4.78 is 5.72. The van der Waals surface area contributed by atoms with Crippen LogP contribution in [0.25, 0.3) is 11.1 Å². The highest BCUT2D eigenvalue weighted by Crippen LogP contribution is 2.31. The molecule has 0 aliphatic carbocycles. The van der Waals surface area contributed by atoms with Gasteiger partial charge in [0.25, 0.3) is 0 Å². The molecule has 4 heteroatoms. The molecule has 0 aliphatic heterocycles. The number of hydrogen-bond donors (Lipinski definition) is 1. The molecule has 3 rings (SSSR count). The molecule has 33 heavy (non-hydrogen) atoms. The van der Waals surface area contributed by atoms with E-state index < -0.39 is 5.41 Å². The topological polar surface area (TPSA) is 57.9 Å². The van der Waals surface area contributed by atoms with Crippen LogP contribution in [0.4, 0.5) is 5.69 Å². The summed E-state index contributed by atoms with van der Waals surface area (Å²) in [7, 11) is 0. The lowest BCUT2D eigenvalue weighted by atomic mass is 9.83. The maximum absolute atomic E-state index is 9.41. The number of hydrogen-bond acceptors (Lipinski definition) is 4. The average molecular weight is 442 g/mol. The fourth-order valence-corrected chi connectivity index (χ4v) is 3.78. The number of benzene rings is 2. The van der Waals surface area contributed by atoms with Crippen molar-refractivity contribution in [3.63, 3.8) is 0 Å². The van der Waals surface area contributed by atoms with Gasteiger partial charge in [0, 0.05) is 30.5 Å². The maximum Gasteiger partial charge on any atom is 0.0937 e. The zero-order valence-corrected chi connectivity index (χ0v) is 20.7. The van der Waals surface area contributed by atoms with Gasteiger partial charge in [0.15, 0.2) is 0 Å². The molecule has 0 bridgehead atoms. The molecular weight excluding hydrogens is 406 g/mol. The minimum atomic E-state index is -0.603. The van der Waals surface area contributed by atoms with E-state index in [9.17, 15) is 5.26 Å². The number of nitriles is 1. The zero-order chi connectivity index (χ0) is 24.1. The first-order chi connectivity index (χ1) is 15.7. The molecule has 0 saturated carbocycles. The van der Waals surface area contributed by atoms with Crippen molar-refractivity contribution in [2.24, 2.45) is 0 Å². The van der Waals surface area contributed by atoms with Crippen molar-refractivity contribution >= 4 is 5.69 Å². The van der Waals surface area contributed by atoms with Crippen LogP contribution < -0.4 is 5.32 Å². The molecular formula is C29H35N3O. The third-order valence-electron chi connectivity index (χ3n) is 6.10. The summed E-state index contributed by atoms with van der Waals surface area (Å²) in [6, 6.07) is 21.6. The van der Waals surface area contributed by atoms with E-state index in [0.717, 1.165) is 23.6 Å². The van der Waals surface area contributed by atoms with Crippen LogP contribution in [0.5, 0.6) is 0 Å². The molecule has 3 aromatic rings. The van der Waals surface area contributed by atoms with Crippen molar-refractivity contribution in [1.82, 2.24) is 4.98 Å². The van der Waals surface area contributed by atoms with Gasteiger partial charge in [-0.05, 0) is 79.8 Å². The molecule has 1 heterocycles. The Labute approximate surface area is 198 Å². The Morgan fingerprint density at radius 3 is 2.55 bits per heavy atom. The van der Waals surface area contributed by atoms with Gasteiger partial charge in [0.05, 0.1) is 23.8 Å². The van der Waals surface area contributed by atoms with Crippen molar-refractivity contribution < 1.29 is 4.74 Å². The number of aromatic nitrogens is 1. The van der Waals surface area contributed by atoms with Crippen LogP contribution >= 0.6 is 0 Å². The average Bonchev–Trinajstić information content (AvgIpc) is 2.82. The fraction of sp³-hybridized carbons (Fsp3) is 0.379. The number of pyridine rings is 1. The van der Waals surface area contributed by atoms with Crippen molar-refractivity contribution in [3.05, 3.63) is 83.2 Å². The van der Waals surface area contributed by atoms with Gasteiger partial charge in [-0.25, -0.2) is 0 Å². The monoisotopic (exact) mass is 441 g/mol. The molecule has 0 unspecified atom stereocenters. The lowest BCUT2D eigenvalue weighted by Gasteiger charge is -2.25. The summed E-state index contributed by atoms with van der Waals surface area (Å²) in [5.41, 5.74) is 7.24. The van der Waals surface area contributed by atoms with Crippen LogP contribution in [0.3, 0.4) is 0 Å². The largest absolute Gasteiger partial charge is 0.381 e. The second-order valence-corrected chi connectivity index (χ2v) is 9.77. The van der Waals surface area contributed by atoms with E-state index in [2.05, 4.69) is 79.6 Å². The standard InChI is InChI=1S/C29H35N3O/c1-7-33-20-29(5,6)24-10-8-9-23(16-24)26-17-25(12-11-21(26)2)32-18-22-13-14-31-27(15-22)28(3,4)19-30/h8-17,32H,7,18,20H2,1-6H3. The van der Waals surface area contributed by atoms with E-state index in [1.807, 2.05) is 32.9 Å². The van der Waals surface area contributed by atoms with E-state index in [0.29, 0.717) is 13.2 Å². The Morgan fingerprint density at radius 1 is 1.03 bits per heavy atom. The Kier molecular flexibility index (Phi) is 7.56. The SMILES string of the molecule is CCOCC(C)(C)c1cccc(-c2cc(NCc3ccnc(C(C)(C)C#N)c3)ccc2C)c1. The molecule has 1 aromatic heterocycles. The third-order valence-corrected chi connectivity index (χ3v) is 6.10. The van der Waals surface area contributed by atoms with Crippen molar-refractivity contribution in [2.45, 2.75) is 58.9 Å². The van der Waals surface area contributed by atoms with E-state index in [1.165, 1.54) is 22.3 Å².